The number of rotatable bonds is 4. The Morgan fingerprint density at radius 3 is 2.70 bits per heavy atom. The monoisotopic (exact) mass is 142 g/mol. The molecule has 1 fully saturated rings. The van der Waals surface area contributed by atoms with Crippen molar-refractivity contribution in [1.82, 2.24) is 0 Å². The van der Waals surface area contributed by atoms with E-state index in [1.165, 1.54) is 12.8 Å². The lowest BCUT2D eigenvalue weighted by Crippen LogP contribution is -2.04. The van der Waals surface area contributed by atoms with E-state index in [0.29, 0.717) is 0 Å². The fourth-order valence-electron chi connectivity index (χ4n) is 1.13. The molecule has 10 heavy (non-hydrogen) atoms. The van der Waals surface area contributed by atoms with Crippen LogP contribution in [0.3, 0.4) is 0 Å². The molecule has 0 radical (unpaired) electrons. The van der Waals surface area contributed by atoms with Gasteiger partial charge in [0.15, 0.2) is 5.78 Å². The van der Waals surface area contributed by atoms with Crippen LogP contribution >= 0.6 is 0 Å². The molecule has 1 aliphatic heterocycles. The normalized spacial score (nSPS) is 30.2. The number of carbonyl (C=O) groups is 1. The van der Waals surface area contributed by atoms with Crippen LogP contribution in [0, 0.1) is 0 Å². The van der Waals surface area contributed by atoms with Crippen molar-refractivity contribution < 1.29 is 9.53 Å². The Morgan fingerprint density at radius 2 is 2.30 bits per heavy atom. The lowest BCUT2D eigenvalue weighted by Gasteiger charge is -1.88. The molecule has 58 valence electrons. The molecule has 0 aromatic heterocycles. The Hall–Kier alpha value is -0.370. The van der Waals surface area contributed by atoms with Gasteiger partial charge in [-0.15, -0.1) is 0 Å². The summed E-state index contributed by atoms with van der Waals surface area (Å²) in [4.78, 5) is 10.7. The number of carbonyl (C=O) groups excluding carboxylic acids is 1. The number of epoxide rings is 1. The van der Waals surface area contributed by atoms with Crippen molar-refractivity contribution in [2.75, 3.05) is 0 Å². The molecule has 1 saturated heterocycles. The van der Waals surface area contributed by atoms with Gasteiger partial charge < -0.3 is 4.74 Å². The highest BCUT2D eigenvalue weighted by Gasteiger charge is 2.41. The average molecular weight is 142 g/mol. The van der Waals surface area contributed by atoms with Crippen LogP contribution < -0.4 is 0 Å². The summed E-state index contributed by atoms with van der Waals surface area (Å²) in [6, 6.07) is 0. The van der Waals surface area contributed by atoms with Gasteiger partial charge in [0, 0.05) is 0 Å². The van der Waals surface area contributed by atoms with E-state index in [9.17, 15) is 4.79 Å². The van der Waals surface area contributed by atoms with Gasteiger partial charge in [-0.05, 0) is 13.3 Å². The second-order valence-electron chi connectivity index (χ2n) is 2.85. The van der Waals surface area contributed by atoms with Crippen molar-refractivity contribution in [1.29, 1.82) is 0 Å². The first kappa shape index (κ1) is 7.73. The Kier molecular flexibility index (Phi) is 2.44. The van der Waals surface area contributed by atoms with Gasteiger partial charge in [-0.25, -0.2) is 0 Å². The summed E-state index contributed by atoms with van der Waals surface area (Å²) in [6.07, 6.45) is 3.63. The molecule has 0 aromatic carbocycles. The minimum absolute atomic E-state index is 0.0495. The summed E-state index contributed by atoms with van der Waals surface area (Å²) in [5.41, 5.74) is 0. The first-order valence-corrected chi connectivity index (χ1v) is 3.91. The van der Waals surface area contributed by atoms with Crippen molar-refractivity contribution in [3.8, 4) is 0 Å². The highest BCUT2D eigenvalue weighted by molar-refractivity contribution is 5.83. The van der Waals surface area contributed by atoms with Gasteiger partial charge in [0.25, 0.3) is 0 Å². The minimum atomic E-state index is -0.0495. The van der Waals surface area contributed by atoms with E-state index in [4.69, 9.17) is 4.74 Å². The molecule has 1 aliphatic rings. The van der Waals surface area contributed by atoms with Gasteiger partial charge >= 0.3 is 0 Å². The Balaban J connectivity index is 2.08. The summed E-state index contributed by atoms with van der Waals surface area (Å²) in [5, 5.41) is 0. The molecule has 0 aliphatic carbocycles. The zero-order valence-corrected chi connectivity index (χ0v) is 6.59. The molecule has 0 unspecified atom stereocenters. The molecule has 0 amide bonds. The summed E-state index contributed by atoms with van der Waals surface area (Å²) in [7, 11) is 0. The highest BCUT2D eigenvalue weighted by Crippen LogP contribution is 2.27. The van der Waals surface area contributed by atoms with E-state index in [0.717, 1.165) is 6.42 Å². The number of hydrogen-bond acceptors (Lipinski definition) is 2. The van der Waals surface area contributed by atoms with Gasteiger partial charge in [-0.1, -0.05) is 19.8 Å². The fourth-order valence-corrected chi connectivity index (χ4v) is 1.13. The van der Waals surface area contributed by atoms with Crippen LogP contribution in [0.5, 0.6) is 0 Å². The molecular formula is C8H14O2. The SMILES string of the molecule is CCCC[C@@H]1O[C@H]1C(C)=O. The number of Topliss-reactive ketones (excluding diaryl/α,β-unsaturated/α-hetero) is 1. The maximum Gasteiger partial charge on any atom is 0.161 e. The zero-order chi connectivity index (χ0) is 7.56. The van der Waals surface area contributed by atoms with E-state index < -0.39 is 0 Å². The number of unbranched alkanes of at least 4 members (excludes halogenated alkanes) is 1. The van der Waals surface area contributed by atoms with E-state index in [1.807, 2.05) is 0 Å². The van der Waals surface area contributed by atoms with Crippen LogP contribution in [0.1, 0.15) is 33.1 Å². The maximum absolute atomic E-state index is 10.7. The largest absolute Gasteiger partial charge is 0.361 e. The summed E-state index contributed by atoms with van der Waals surface area (Å²) < 4.78 is 5.13. The summed E-state index contributed by atoms with van der Waals surface area (Å²) in [5.74, 6) is 0.182. The van der Waals surface area contributed by atoms with Crippen molar-refractivity contribution in [2.24, 2.45) is 0 Å². The molecule has 1 rings (SSSR count). The van der Waals surface area contributed by atoms with Crippen molar-refractivity contribution >= 4 is 5.78 Å². The third-order valence-corrected chi connectivity index (χ3v) is 1.83. The van der Waals surface area contributed by atoms with Crippen LogP contribution in [0.2, 0.25) is 0 Å². The number of ketones is 1. The van der Waals surface area contributed by atoms with E-state index in [1.54, 1.807) is 6.92 Å². The predicted molar refractivity (Wildman–Crippen MR) is 38.9 cm³/mol. The van der Waals surface area contributed by atoms with Gasteiger partial charge in [-0.2, -0.15) is 0 Å². The predicted octanol–water partition coefficient (Wildman–Crippen LogP) is 1.53. The van der Waals surface area contributed by atoms with Gasteiger partial charge in [-0.3, -0.25) is 4.79 Å². The van der Waals surface area contributed by atoms with Crippen molar-refractivity contribution in [3.05, 3.63) is 0 Å². The first-order chi connectivity index (χ1) is 4.75. The van der Waals surface area contributed by atoms with Crippen LogP contribution in [0.4, 0.5) is 0 Å². The highest BCUT2D eigenvalue weighted by atomic mass is 16.6. The van der Waals surface area contributed by atoms with Crippen molar-refractivity contribution in [2.45, 2.75) is 45.3 Å². The molecule has 2 atom stereocenters. The van der Waals surface area contributed by atoms with Crippen LogP contribution in [-0.4, -0.2) is 18.0 Å². The average Bonchev–Trinajstić information content (AvgIpc) is 2.62. The molecular weight excluding hydrogens is 128 g/mol. The molecule has 1 heterocycles. The van der Waals surface area contributed by atoms with Crippen LogP contribution in [0.25, 0.3) is 0 Å². The molecule has 0 aromatic rings. The van der Waals surface area contributed by atoms with Crippen LogP contribution in [-0.2, 0) is 9.53 Å². The standard InChI is InChI=1S/C8H14O2/c1-3-4-5-7-8(10-7)6(2)9/h7-8H,3-5H2,1-2H3/t7-,8-/m0/s1. The van der Waals surface area contributed by atoms with E-state index in [2.05, 4.69) is 6.92 Å². The lowest BCUT2D eigenvalue weighted by molar-refractivity contribution is -0.118. The van der Waals surface area contributed by atoms with Gasteiger partial charge in [0.2, 0.25) is 0 Å². The molecule has 0 bridgehead atoms. The Morgan fingerprint density at radius 1 is 1.60 bits per heavy atom. The molecule has 2 nitrogen and oxygen atoms in total. The zero-order valence-electron chi connectivity index (χ0n) is 6.59. The fraction of sp³-hybridized carbons (Fsp3) is 0.875. The maximum atomic E-state index is 10.7. The number of ether oxygens (including phenoxy) is 1. The molecule has 0 spiro atoms. The van der Waals surface area contributed by atoms with Crippen LogP contribution in [0.15, 0.2) is 0 Å². The van der Waals surface area contributed by atoms with Gasteiger partial charge in [0.1, 0.15) is 6.10 Å². The topological polar surface area (TPSA) is 29.6 Å². The quantitative estimate of drug-likeness (QED) is 0.557. The van der Waals surface area contributed by atoms with E-state index in [-0.39, 0.29) is 18.0 Å². The van der Waals surface area contributed by atoms with Gasteiger partial charge in [0.05, 0.1) is 6.10 Å². The minimum Gasteiger partial charge on any atom is -0.361 e. The molecule has 2 heteroatoms. The third-order valence-electron chi connectivity index (χ3n) is 1.83. The second-order valence-corrected chi connectivity index (χ2v) is 2.85. The number of hydrogen-bond donors (Lipinski definition) is 0. The first-order valence-electron chi connectivity index (χ1n) is 3.91. The lowest BCUT2D eigenvalue weighted by atomic mass is 10.1. The molecule has 0 N–H and O–H groups in total. The summed E-state index contributed by atoms with van der Waals surface area (Å²) in [6.45, 7) is 3.74. The third kappa shape index (κ3) is 1.81. The molecule has 0 saturated carbocycles. The smallest absolute Gasteiger partial charge is 0.161 e. The Bertz CT molecular complexity index is 131. The van der Waals surface area contributed by atoms with E-state index >= 15 is 0 Å². The summed E-state index contributed by atoms with van der Waals surface area (Å²) >= 11 is 0. The van der Waals surface area contributed by atoms with Crippen molar-refractivity contribution in [3.63, 3.8) is 0 Å². The second kappa shape index (κ2) is 3.15. The Labute approximate surface area is 61.6 Å².